The molecule has 0 aromatic heterocycles. The third kappa shape index (κ3) is 6.06. The lowest BCUT2D eigenvalue weighted by Gasteiger charge is -2.11. The molecule has 0 unspecified atom stereocenters. The number of hydrogen-bond donors (Lipinski definition) is 2. The zero-order valence-electron chi connectivity index (χ0n) is 15.9. The van der Waals surface area contributed by atoms with Gasteiger partial charge in [-0.05, 0) is 49.7 Å². The van der Waals surface area contributed by atoms with E-state index in [0.29, 0.717) is 30.2 Å². The largest absolute Gasteiger partial charge is 0.545 e. The maximum Gasteiger partial charge on any atom is 0.329 e. The zero-order valence-corrected chi connectivity index (χ0v) is 15.9. The molecule has 9 heteroatoms. The number of nitrogens with one attached hydrogen (secondary N) is 2. The predicted octanol–water partition coefficient (Wildman–Crippen LogP) is 0.936. The summed E-state index contributed by atoms with van der Waals surface area (Å²) in [6.45, 7) is 4.22. The molecule has 2 rings (SSSR count). The maximum absolute atomic E-state index is 12.0. The van der Waals surface area contributed by atoms with Crippen LogP contribution in [0.2, 0.25) is 0 Å². The number of carbonyl (C=O) groups is 3. The number of rotatable bonds is 8. The number of anilines is 1. The average Bonchev–Trinajstić information content (AvgIpc) is 2.70. The van der Waals surface area contributed by atoms with Crippen LogP contribution in [-0.2, 0) is 9.59 Å². The average molecular weight is 398 g/mol. The van der Waals surface area contributed by atoms with E-state index in [1.54, 1.807) is 44.2 Å². The fraction of sp³-hybridized carbons (Fsp3) is 0.200. The number of benzene rings is 2. The van der Waals surface area contributed by atoms with Crippen molar-refractivity contribution in [3.63, 3.8) is 0 Å². The molecule has 0 saturated carbocycles. The van der Waals surface area contributed by atoms with Gasteiger partial charge >= 0.3 is 11.8 Å². The fourth-order valence-electron chi connectivity index (χ4n) is 2.32. The van der Waals surface area contributed by atoms with Gasteiger partial charge < -0.3 is 24.7 Å². The van der Waals surface area contributed by atoms with E-state index in [9.17, 15) is 19.5 Å². The van der Waals surface area contributed by atoms with Gasteiger partial charge in [-0.15, -0.1) is 0 Å². The van der Waals surface area contributed by atoms with Gasteiger partial charge in [-0.3, -0.25) is 9.59 Å². The molecule has 0 bridgehead atoms. The number of carboxylic acid groups (broad SMARTS) is 1. The molecule has 0 fully saturated rings. The van der Waals surface area contributed by atoms with Crippen LogP contribution >= 0.6 is 0 Å². The van der Waals surface area contributed by atoms with Crippen molar-refractivity contribution in [3.8, 4) is 11.5 Å². The van der Waals surface area contributed by atoms with Gasteiger partial charge in [-0.25, -0.2) is 5.43 Å². The first-order valence-electron chi connectivity index (χ1n) is 8.80. The van der Waals surface area contributed by atoms with Crippen molar-refractivity contribution in [1.82, 2.24) is 5.43 Å². The normalized spacial score (nSPS) is 10.4. The van der Waals surface area contributed by atoms with Crippen LogP contribution in [0.3, 0.4) is 0 Å². The van der Waals surface area contributed by atoms with E-state index in [4.69, 9.17) is 9.47 Å². The van der Waals surface area contributed by atoms with E-state index in [0.717, 1.165) is 0 Å². The molecule has 2 amide bonds. The molecule has 2 aromatic rings. The molecule has 0 aliphatic carbocycles. The highest BCUT2D eigenvalue weighted by Crippen LogP contribution is 2.23. The van der Waals surface area contributed by atoms with Gasteiger partial charge in [0.25, 0.3) is 0 Å². The van der Waals surface area contributed by atoms with Crippen LogP contribution in [0.15, 0.2) is 47.6 Å². The van der Waals surface area contributed by atoms with Gasteiger partial charge in [0.1, 0.15) is 11.5 Å². The Morgan fingerprint density at radius 1 is 1.00 bits per heavy atom. The Hall–Kier alpha value is -3.88. The molecular weight excluding hydrogens is 378 g/mol. The van der Waals surface area contributed by atoms with Crippen molar-refractivity contribution in [2.45, 2.75) is 13.8 Å². The summed E-state index contributed by atoms with van der Waals surface area (Å²) < 4.78 is 10.6. The van der Waals surface area contributed by atoms with Gasteiger partial charge in [0.05, 0.1) is 31.1 Å². The Morgan fingerprint density at radius 3 is 2.38 bits per heavy atom. The topological polar surface area (TPSA) is 129 Å². The number of hydrogen-bond acceptors (Lipinski definition) is 7. The molecular formula is C20H20N3O6-. The highest BCUT2D eigenvalue weighted by molar-refractivity contribution is 6.39. The predicted molar refractivity (Wildman–Crippen MR) is 104 cm³/mol. The summed E-state index contributed by atoms with van der Waals surface area (Å²) in [4.78, 5) is 35.1. The van der Waals surface area contributed by atoms with Crippen LogP contribution < -0.4 is 25.3 Å². The number of ether oxygens (including phenoxy) is 2. The van der Waals surface area contributed by atoms with Gasteiger partial charge in [0.15, 0.2) is 0 Å². The summed E-state index contributed by atoms with van der Waals surface area (Å²) in [6.07, 6.45) is 1.20. The van der Waals surface area contributed by atoms with E-state index in [1.165, 1.54) is 18.3 Å². The van der Waals surface area contributed by atoms with Gasteiger partial charge in [-0.1, -0.05) is 12.1 Å². The minimum absolute atomic E-state index is 0.146. The number of para-hydroxylation sites is 2. The van der Waals surface area contributed by atoms with Crippen LogP contribution in [0.1, 0.15) is 29.8 Å². The molecule has 0 atom stereocenters. The van der Waals surface area contributed by atoms with Crippen molar-refractivity contribution in [2.75, 3.05) is 18.5 Å². The second-order valence-electron chi connectivity index (χ2n) is 5.56. The minimum Gasteiger partial charge on any atom is -0.545 e. The SMILES string of the molecule is CCOc1ccccc1NC(=O)C(=O)N/N=C\c1ccc(OCC)c(C(=O)[O-])c1. The van der Waals surface area contributed by atoms with Crippen molar-refractivity contribution < 1.29 is 29.0 Å². The lowest BCUT2D eigenvalue weighted by molar-refractivity contribution is -0.255. The van der Waals surface area contributed by atoms with Crippen LogP contribution in [0.4, 0.5) is 5.69 Å². The molecule has 29 heavy (non-hydrogen) atoms. The van der Waals surface area contributed by atoms with Crippen LogP contribution in [0.25, 0.3) is 0 Å². The molecule has 0 radical (unpaired) electrons. The Morgan fingerprint density at radius 2 is 1.69 bits per heavy atom. The van der Waals surface area contributed by atoms with Gasteiger partial charge in [-0.2, -0.15) is 5.10 Å². The third-order valence-electron chi connectivity index (χ3n) is 3.54. The summed E-state index contributed by atoms with van der Waals surface area (Å²) in [6, 6.07) is 11.0. The third-order valence-corrected chi connectivity index (χ3v) is 3.54. The summed E-state index contributed by atoms with van der Waals surface area (Å²) in [5.74, 6) is -2.74. The first kappa shape index (κ1) is 21.4. The first-order valence-corrected chi connectivity index (χ1v) is 8.80. The molecule has 9 nitrogen and oxygen atoms in total. The van der Waals surface area contributed by atoms with Crippen molar-refractivity contribution in [3.05, 3.63) is 53.6 Å². The van der Waals surface area contributed by atoms with Crippen LogP contribution in [0, 0.1) is 0 Å². The van der Waals surface area contributed by atoms with Gasteiger partial charge in [0, 0.05) is 5.56 Å². The van der Waals surface area contributed by atoms with E-state index >= 15 is 0 Å². The van der Waals surface area contributed by atoms with Crippen molar-refractivity contribution in [2.24, 2.45) is 5.10 Å². The molecule has 2 N–H and O–H groups in total. The second kappa shape index (κ2) is 10.5. The van der Waals surface area contributed by atoms with Crippen molar-refractivity contribution in [1.29, 1.82) is 0 Å². The molecule has 2 aromatic carbocycles. The lowest BCUT2D eigenvalue weighted by atomic mass is 10.1. The summed E-state index contributed by atoms with van der Waals surface area (Å²) in [7, 11) is 0. The van der Waals surface area contributed by atoms with E-state index in [1.807, 2.05) is 0 Å². The standard InChI is InChI=1S/C20H21N3O6/c1-3-28-16-10-9-13(11-14(16)20(26)27)12-21-23-19(25)18(24)22-15-7-5-6-8-17(15)29-4-2/h5-12H,3-4H2,1-2H3,(H,22,24)(H,23,25)(H,26,27)/p-1/b21-12-. The minimum atomic E-state index is -1.40. The number of carboxylic acids is 1. The Balaban J connectivity index is 2.01. The zero-order chi connectivity index (χ0) is 21.2. The number of carbonyl (C=O) groups excluding carboxylic acids is 3. The maximum atomic E-state index is 12.0. The summed E-state index contributed by atoms with van der Waals surface area (Å²) >= 11 is 0. The van der Waals surface area contributed by atoms with E-state index < -0.39 is 17.8 Å². The molecule has 0 saturated heterocycles. The number of amides is 2. The highest BCUT2D eigenvalue weighted by atomic mass is 16.5. The molecule has 0 heterocycles. The lowest BCUT2D eigenvalue weighted by Crippen LogP contribution is -2.32. The Labute approximate surface area is 167 Å². The van der Waals surface area contributed by atoms with Gasteiger partial charge in [0.2, 0.25) is 0 Å². The Kier molecular flexibility index (Phi) is 7.72. The number of nitrogens with zero attached hydrogens (tertiary/aromatic N) is 1. The second-order valence-corrected chi connectivity index (χ2v) is 5.56. The molecule has 152 valence electrons. The molecule has 0 aliphatic rings. The van der Waals surface area contributed by atoms with Crippen LogP contribution in [0.5, 0.6) is 11.5 Å². The molecule has 0 aliphatic heterocycles. The Bertz CT molecular complexity index is 926. The quantitative estimate of drug-likeness (QED) is 0.387. The van der Waals surface area contributed by atoms with E-state index in [2.05, 4.69) is 15.8 Å². The molecule has 0 spiro atoms. The van der Waals surface area contributed by atoms with Crippen LogP contribution in [-0.4, -0.2) is 37.2 Å². The number of aromatic carboxylic acids is 1. The van der Waals surface area contributed by atoms with E-state index in [-0.39, 0.29) is 11.3 Å². The first-order chi connectivity index (χ1) is 14.0. The highest BCUT2D eigenvalue weighted by Gasteiger charge is 2.15. The smallest absolute Gasteiger partial charge is 0.329 e. The fourth-order valence-corrected chi connectivity index (χ4v) is 2.32. The number of hydrazone groups is 1. The summed E-state index contributed by atoms with van der Waals surface area (Å²) in [5, 5.41) is 17.3. The monoisotopic (exact) mass is 398 g/mol. The van der Waals surface area contributed by atoms with Crippen molar-refractivity contribution >= 4 is 29.7 Å². The summed E-state index contributed by atoms with van der Waals surface area (Å²) in [5.41, 5.74) is 2.65.